The summed E-state index contributed by atoms with van der Waals surface area (Å²) in [6, 6.07) is -0.191. The molecule has 2 atom stereocenters. The molecule has 0 radical (unpaired) electrons. The molecular weight excluding hydrogens is 210 g/mol. The third-order valence-corrected chi connectivity index (χ3v) is 2.82. The van der Waals surface area contributed by atoms with Gasteiger partial charge in [-0.25, -0.2) is 0 Å². The fourth-order valence-corrected chi connectivity index (χ4v) is 1.92. The summed E-state index contributed by atoms with van der Waals surface area (Å²) in [5, 5.41) is 5.82. The molecule has 2 saturated heterocycles. The largest absolute Gasteiger partial charge is 0.383 e. The van der Waals surface area contributed by atoms with Crippen molar-refractivity contribution in [1.29, 1.82) is 0 Å². The summed E-state index contributed by atoms with van der Waals surface area (Å²) in [4.78, 5) is 15.9. The minimum Gasteiger partial charge on any atom is -0.383 e. The normalized spacial score (nSPS) is 31.8. The monoisotopic (exact) mass is 227 g/mol. The van der Waals surface area contributed by atoms with E-state index in [-0.39, 0.29) is 17.9 Å². The molecule has 0 bridgehead atoms. The summed E-state index contributed by atoms with van der Waals surface area (Å²) in [7, 11) is 1.62. The number of carbonyl (C=O) groups excluding carboxylic acids is 1. The number of amides is 1. The molecule has 90 valence electrons. The predicted molar refractivity (Wildman–Crippen MR) is 58.2 cm³/mol. The van der Waals surface area contributed by atoms with Crippen molar-refractivity contribution in [2.45, 2.75) is 12.5 Å². The molecule has 0 saturated carbocycles. The topological polar surface area (TPSA) is 72.0 Å². The summed E-state index contributed by atoms with van der Waals surface area (Å²) in [6.45, 7) is 2.49. The Morgan fingerprint density at radius 3 is 3.19 bits per heavy atom. The highest BCUT2D eigenvalue weighted by Gasteiger charge is 2.36. The van der Waals surface area contributed by atoms with E-state index in [2.05, 4.69) is 15.6 Å². The molecule has 0 aromatic carbocycles. The Labute approximate surface area is 94.4 Å². The maximum absolute atomic E-state index is 11.7. The van der Waals surface area contributed by atoms with E-state index in [1.54, 1.807) is 7.11 Å². The van der Waals surface area contributed by atoms with Crippen LogP contribution in [0.5, 0.6) is 0 Å². The van der Waals surface area contributed by atoms with Gasteiger partial charge >= 0.3 is 0 Å². The van der Waals surface area contributed by atoms with E-state index in [1.807, 2.05) is 0 Å². The number of guanidine groups is 1. The van der Waals surface area contributed by atoms with E-state index >= 15 is 0 Å². The SMILES string of the molecule is COCCN=C1NC(=O)C(C2CCOC2)N1. The molecule has 16 heavy (non-hydrogen) atoms. The summed E-state index contributed by atoms with van der Waals surface area (Å²) in [6.07, 6.45) is 0.927. The van der Waals surface area contributed by atoms with Crippen LogP contribution >= 0.6 is 0 Å². The first-order valence-corrected chi connectivity index (χ1v) is 5.50. The molecule has 0 aromatic rings. The second-order valence-corrected chi connectivity index (χ2v) is 3.96. The van der Waals surface area contributed by atoms with E-state index in [0.29, 0.717) is 25.7 Å². The molecule has 2 unspecified atom stereocenters. The predicted octanol–water partition coefficient (Wildman–Crippen LogP) is -0.887. The number of nitrogens with one attached hydrogen (secondary N) is 2. The van der Waals surface area contributed by atoms with Crippen molar-refractivity contribution in [3.8, 4) is 0 Å². The molecule has 6 heteroatoms. The van der Waals surface area contributed by atoms with Crippen LogP contribution in [-0.4, -0.2) is 51.4 Å². The van der Waals surface area contributed by atoms with E-state index in [1.165, 1.54) is 0 Å². The van der Waals surface area contributed by atoms with E-state index in [0.717, 1.165) is 13.0 Å². The van der Waals surface area contributed by atoms with Crippen LogP contribution in [0.1, 0.15) is 6.42 Å². The lowest BCUT2D eigenvalue weighted by molar-refractivity contribution is -0.121. The maximum Gasteiger partial charge on any atom is 0.249 e. The lowest BCUT2D eigenvalue weighted by atomic mass is 10.00. The van der Waals surface area contributed by atoms with Crippen molar-refractivity contribution in [2.24, 2.45) is 10.9 Å². The fraction of sp³-hybridized carbons (Fsp3) is 0.800. The highest BCUT2D eigenvalue weighted by Crippen LogP contribution is 2.18. The first kappa shape index (κ1) is 11.3. The lowest BCUT2D eigenvalue weighted by Crippen LogP contribution is -2.37. The minimum absolute atomic E-state index is 0.00772. The number of aliphatic imine (C=N–C) groups is 1. The zero-order chi connectivity index (χ0) is 11.4. The number of hydrogen-bond donors (Lipinski definition) is 2. The smallest absolute Gasteiger partial charge is 0.249 e. The van der Waals surface area contributed by atoms with Crippen LogP contribution in [-0.2, 0) is 14.3 Å². The van der Waals surface area contributed by atoms with Crippen LogP contribution in [0.25, 0.3) is 0 Å². The second-order valence-electron chi connectivity index (χ2n) is 3.96. The molecule has 2 rings (SSSR count). The maximum atomic E-state index is 11.7. The minimum atomic E-state index is -0.191. The number of carbonyl (C=O) groups is 1. The average Bonchev–Trinajstić information content (AvgIpc) is 2.87. The van der Waals surface area contributed by atoms with Crippen LogP contribution in [0.15, 0.2) is 4.99 Å². The van der Waals surface area contributed by atoms with Crippen molar-refractivity contribution >= 4 is 11.9 Å². The molecule has 2 heterocycles. The van der Waals surface area contributed by atoms with Gasteiger partial charge in [-0.2, -0.15) is 0 Å². The Hall–Kier alpha value is -1.14. The van der Waals surface area contributed by atoms with Gasteiger partial charge in [0.1, 0.15) is 6.04 Å². The lowest BCUT2D eigenvalue weighted by Gasteiger charge is -2.13. The summed E-state index contributed by atoms with van der Waals surface area (Å²) in [5.74, 6) is 0.806. The van der Waals surface area contributed by atoms with Gasteiger partial charge in [0.15, 0.2) is 5.96 Å². The molecular formula is C10H17N3O3. The average molecular weight is 227 g/mol. The van der Waals surface area contributed by atoms with E-state index < -0.39 is 0 Å². The Morgan fingerprint density at radius 1 is 1.62 bits per heavy atom. The van der Waals surface area contributed by atoms with Crippen molar-refractivity contribution < 1.29 is 14.3 Å². The van der Waals surface area contributed by atoms with Crippen LogP contribution < -0.4 is 10.6 Å². The molecule has 0 spiro atoms. The standard InChI is InChI=1S/C10H17N3O3/c1-15-5-3-11-10-12-8(9(14)13-10)7-2-4-16-6-7/h7-8H,2-6H2,1H3,(H2,11,12,13,14). The number of ether oxygens (including phenoxy) is 2. The quantitative estimate of drug-likeness (QED) is 0.611. The number of nitrogens with zero attached hydrogens (tertiary/aromatic N) is 1. The van der Waals surface area contributed by atoms with Gasteiger partial charge in [0.05, 0.1) is 19.8 Å². The van der Waals surface area contributed by atoms with E-state index in [9.17, 15) is 4.79 Å². The molecule has 2 fully saturated rings. The van der Waals surface area contributed by atoms with Gasteiger partial charge < -0.3 is 14.8 Å². The third-order valence-electron chi connectivity index (χ3n) is 2.82. The first-order chi connectivity index (χ1) is 7.81. The van der Waals surface area contributed by atoms with Gasteiger partial charge in [-0.1, -0.05) is 0 Å². The van der Waals surface area contributed by atoms with Crippen LogP contribution in [0.3, 0.4) is 0 Å². The zero-order valence-corrected chi connectivity index (χ0v) is 9.36. The first-order valence-electron chi connectivity index (χ1n) is 5.50. The summed E-state index contributed by atoms with van der Waals surface area (Å²) in [5.41, 5.74) is 0. The zero-order valence-electron chi connectivity index (χ0n) is 9.36. The van der Waals surface area contributed by atoms with Crippen LogP contribution in [0.4, 0.5) is 0 Å². The Bertz CT molecular complexity index is 287. The highest BCUT2D eigenvalue weighted by molar-refractivity contribution is 6.06. The summed E-state index contributed by atoms with van der Waals surface area (Å²) < 4.78 is 10.2. The van der Waals surface area contributed by atoms with Crippen molar-refractivity contribution in [1.82, 2.24) is 10.6 Å². The van der Waals surface area contributed by atoms with Gasteiger partial charge in [0, 0.05) is 19.6 Å². The van der Waals surface area contributed by atoms with Gasteiger partial charge in [-0.05, 0) is 6.42 Å². The van der Waals surface area contributed by atoms with Crippen LogP contribution in [0, 0.1) is 5.92 Å². The number of methoxy groups -OCH3 is 1. The van der Waals surface area contributed by atoms with Crippen LogP contribution in [0.2, 0.25) is 0 Å². The van der Waals surface area contributed by atoms with Crippen molar-refractivity contribution in [3.63, 3.8) is 0 Å². The van der Waals surface area contributed by atoms with Gasteiger partial charge in [0.2, 0.25) is 5.91 Å². The van der Waals surface area contributed by atoms with E-state index in [4.69, 9.17) is 9.47 Å². The van der Waals surface area contributed by atoms with Crippen molar-refractivity contribution in [3.05, 3.63) is 0 Å². The fourth-order valence-electron chi connectivity index (χ4n) is 1.92. The van der Waals surface area contributed by atoms with Gasteiger partial charge in [-0.15, -0.1) is 0 Å². The number of hydrogen-bond acceptors (Lipinski definition) is 4. The highest BCUT2D eigenvalue weighted by atomic mass is 16.5. The molecule has 0 aliphatic carbocycles. The van der Waals surface area contributed by atoms with Crippen molar-refractivity contribution in [2.75, 3.05) is 33.5 Å². The molecule has 2 aliphatic heterocycles. The third kappa shape index (κ3) is 2.51. The molecule has 2 N–H and O–H groups in total. The van der Waals surface area contributed by atoms with Gasteiger partial charge in [0.25, 0.3) is 0 Å². The second kappa shape index (κ2) is 5.27. The molecule has 2 aliphatic rings. The molecule has 6 nitrogen and oxygen atoms in total. The Kier molecular flexibility index (Phi) is 3.74. The molecule has 0 aromatic heterocycles. The number of rotatable bonds is 4. The Balaban J connectivity index is 1.88. The van der Waals surface area contributed by atoms with Gasteiger partial charge in [-0.3, -0.25) is 15.1 Å². The summed E-state index contributed by atoms with van der Waals surface area (Å²) >= 11 is 0. The Morgan fingerprint density at radius 2 is 2.50 bits per heavy atom. The molecule has 1 amide bonds.